The highest BCUT2D eigenvalue weighted by Gasteiger charge is 2.34. The molecule has 152 valence electrons. The molecule has 2 aliphatic rings. The van der Waals surface area contributed by atoms with Crippen LogP contribution >= 0.6 is 0 Å². The Morgan fingerprint density at radius 2 is 1.83 bits per heavy atom. The van der Waals surface area contributed by atoms with Crippen LogP contribution in [0.2, 0.25) is 0 Å². The molecule has 0 unspecified atom stereocenters. The molecule has 0 N–H and O–H groups in total. The van der Waals surface area contributed by atoms with Crippen molar-refractivity contribution in [2.24, 2.45) is 5.92 Å². The maximum atomic E-state index is 13.6. The Morgan fingerprint density at radius 3 is 2.60 bits per heavy atom. The molecule has 5 rings (SSSR count). The van der Waals surface area contributed by atoms with Gasteiger partial charge in [0.2, 0.25) is 0 Å². The van der Waals surface area contributed by atoms with E-state index < -0.39 is 0 Å². The zero-order valence-corrected chi connectivity index (χ0v) is 16.9. The largest absolute Gasteiger partial charge is 0.355 e. The van der Waals surface area contributed by atoms with Gasteiger partial charge in [0.1, 0.15) is 11.6 Å². The summed E-state index contributed by atoms with van der Waals surface area (Å²) >= 11 is 0. The molecule has 0 aliphatic carbocycles. The number of pyridine rings is 1. The van der Waals surface area contributed by atoms with Gasteiger partial charge in [-0.05, 0) is 49.6 Å². The van der Waals surface area contributed by atoms with Crippen LogP contribution < -0.4 is 9.80 Å². The average molecular weight is 402 g/mol. The van der Waals surface area contributed by atoms with Gasteiger partial charge in [-0.15, -0.1) is 0 Å². The van der Waals surface area contributed by atoms with E-state index in [9.17, 15) is 4.39 Å². The number of aromatic nitrogens is 3. The van der Waals surface area contributed by atoms with Gasteiger partial charge in [-0.25, -0.2) is 14.4 Å². The van der Waals surface area contributed by atoms with E-state index in [1.54, 1.807) is 24.5 Å². The molecule has 0 radical (unpaired) electrons. The van der Waals surface area contributed by atoms with Crippen LogP contribution in [0.4, 0.5) is 16.0 Å². The topological polar surface area (TPSA) is 68.9 Å². The molecule has 2 fully saturated rings. The lowest BCUT2D eigenvalue weighted by Gasteiger charge is -2.41. The molecule has 0 amide bonds. The van der Waals surface area contributed by atoms with Crippen molar-refractivity contribution in [3.8, 4) is 6.07 Å². The van der Waals surface area contributed by atoms with Crippen LogP contribution in [0, 0.1) is 30.0 Å². The summed E-state index contributed by atoms with van der Waals surface area (Å²) in [5, 5.41) is 10.0. The third kappa shape index (κ3) is 3.32. The molecule has 30 heavy (non-hydrogen) atoms. The minimum Gasteiger partial charge on any atom is -0.355 e. The number of anilines is 2. The summed E-state index contributed by atoms with van der Waals surface area (Å²) in [6.45, 7) is 5.36. The van der Waals surface area contributed by atoms with E-state index in [1.165, 1.54) is 6.07 Å². The molecule has 3 aromatic rings. The van der Waals surface area contributed by atoms with Crippen LogP contribution in [0.3, 0.4) is 0 Å². The number of benzene rings is 1. The number of nitriles is 1. The Labute approximate surface area is 175 Å². The smallest absolute Gasteiger partial charge is 0.150 e. The Kier molecular flexibility index (Phi) is 4.70. The van der Waals surface area contributed by atoms with Crippen molar-refractivity contribution in [2.45, 2.75) is 25.7 Å². The molecular weight excluding hydrogens is 379 g/mol. The molecule has 0 spiro atoms. The average Bonchev–Trinajstić information content (AvgIpc) is 2.74. The monoisotopic (exact) mass is 402 g/mol. The van der Waals surface area contributed by atoms with E-state index >= 15 is 0 Å². The minimum absolute atomic E-state index is 0.149. The summed E-state index contributed by atoms with van der Waals surface area (Å²) in [6.07, 6.45) is 5.27. The second kappa shape index (κ2) is 7.52. The summed E-state index contributed by atoms with van der Waals surface area (Å²) in [7, 11) is 0. The number of aryl methyl sites for hydroxylation is 1. The van der Waals surface area contributed by atoms with E-state index in [4.69, 9.17) is 10.2 Å². The second-order valence-electron chi connectivity index (χ2n) is 8.22. The van der Waals surface area contributed by atoms with Crippen LogP contribution in [0.1, 0.15) is 30.0 Å². The SMILES string of the molecule is Cc1cc(N2CC(c3nccnc3N3CCC(C#N)CC3)C2)nc2ccc(F)cc12. The molecule has 7 heteroatoms. The van der Waals surface area contributed by atoms with Crippen LogP contribution in [0.25, 0.3) is 10.9 Å². The van der Waals surface area contributed by atoms with E-state index in [0.717, 1.165) is 72.8 Å². The zero-order chi connectivity index (χ0) is 20.7. The van der Waals surface area contributed by atoms with Gasteiger partial charge in [-0.1, -0.05) is 0 Å². The van der Waals surface area contributed by atoms with Crippen molar-refractivity contribution in [2.75, 3.05) is 36.0 Å². The zero-order valence-electron chi connectivity index (χ0n) is 16.9. The van der Waals surface area contributed by atoms with Crippen LogP contribution in [-0.4, -0.2) is 41.1 Å². The molecule has 2 aliphatic heterocycles. The fraction of sp³-hybridized carbons (Fsp3) is 0.391. The number of hydrogen-bond acceptors (Lipinski definition) is 6. The molecule has 4 heterocycles. The molecule has 1 aromatic carbocycles. The number of nitrogens with zero attached hydrogens (tertiary/aromatic N) is 6. The van der Waals surface area contributed by atoms with Crippen LogP contribution in [0.15, 0.2) is 36.7 Å². The Bertz CT molecular complexity index is 1130. The molecule has 2 saturated heterocycles. The molecule has 0 atom stereocenters. The molecular formula is C23H23FN6. The number of rotatable bonds is 3. The lowest BCUT2D eigenvalue weighted by Crippen LogP contribution is -2.47. The lowest BCUT2D eigenvalue weighted by molar-refractivity contribution is 0.473. The van der Waals surface area contributed by atoms with Gasteiger partial charge < -0.3 is 9.80 Å². The van der Waals surface area contributed by atoms with Crippen molar-refractivity contribution < 1.29 is 4.39 Å². The first kappa shape index (κ1) is 18.7. The summed E-state index contributed by atoms with van der Waals surface area (Å²) < 4.78 is 13.6. The number of halogens is 1. The van der Waals surface area contributed by atoms with Gasteiger partial charge >= 0.3 is 0 Å². The van der Waals surface area contributed by atoms with Crippen molar-refractivity contribution in [1.82, 2.24) is 15.0 Å². The van der Waals surface area contributed by atoms with E-state index in [2.05, 4.69) is 25.8 Å². The minimum atomic E-state index is -0.238. The Hall–Kier alpha value is -3.27. The summed E-state index contributed by atoms with van der Waals surface area (Å²) in [4.78, 5) is 18.5. The van der Waals surface area contributed by atoms with Crippen molar-refractivity contribution in [3.05, 3.63) is 53.7 Å². The normalized spacial score (nSPS) is 17.8. The third-order valence-electron chi connectivity index (χ3n) is 6.24. The highest BCUT2D eigenvalue weighted by molar-refractivity contribution is 5.84. The predicted octanol–water partition coefficient (Wildman–Crippen LogP) is 3.82. The molecule has 2 aromatic heterocycles. The number of piperidine rings is 1. The second-order valence-corrected chi connectivity index (χ2v) is 8.22. The van der Waals surface area contributed by atoms with Gasteiger partial charge in [-0.2, -0.15) is 5.26 Å². The maximum absolute atomic E-state index is 13.6. The quantitative estimate of drug-likeness (QED) is 0.663. The predicted molar refractivity (Wildman–Crippen MR) is 114 cm³/mol. The van der Waals surface area contributed by atoms with E-state index in [-0.39, 0.29) is 11.7 Å². The van der Waals surface area contributed by atoms with Gasteiger partial charge in [0.25, 0.3) is 0 Å². The van der Waals surface area contributed by atoms with Crippen molar-refractivity contribution in [3.63, 3.8) is 0 Å². The summed E-state index contributed by atoms with van der Waals surface area (Å²) in [5.74, 6) is 2.09. The lowest BCUT2D eigenvalue weighted by atomic mass is 9.93. The van der Waals surface area contributed by atoms with Gasteiger partial charge in [0.15, 0.2) is 5.82 Å². The van der Waals surface area contributed by atoms with Crippen molar-refractivity contribution in [1.29, 1.82) is 5.26 Å². The first-order valence-corrected chi connectivity index (χ1v) is 10.4. The molecule has 0 bridgehead atoms. The van der Waals surface area contributed by atoms with E-state index in [0.29, 0.717) is 5.92 Å². The number of fused-ring (bicyclic) bond motifs is 1. The van der Waals surface area contributed by atoms with Gasteiger partial charge in [-0.3, -0.25) is 4.98 Å². The Morgan fingerprint density at radius 1 is 1.07 bits per heavy atom. The summed E-state index contributed by atoms with van der Waals surface area (Å²) in [5.41, 5.74) is 2.87. The van der Waals surface area contributed by atoms with Crippen LogP contribution in [0.5, 0.6) is 0 Å². The summed E-state index contributed by atoms with van der Waals surface area (Å²) in [6, 6.07) is 9.15. The fourth-order valence-electron chi connectivity index (χ4n) is 4.44. The highest BCUT2D eigenvalue weighted by atomic mass is 19.1. The van der Waals surface area contributed by atoms with Crippen LogP contribution in [-0.2, 0) is 0 Å². The number of hydrogen-bond donors (Lipinski definition) is 0. The van der Waals surface area contributed by atoms with Gasteiger partial charge in [0.05, 0.1) is 17.3 Å². The Balaban J connectivity index is 1.34. The molecule has 6 nitrogen and oxygen atoms in total. The van der Waals surface area contributed by atoms with Gasteiger partial charge in [0, 0.05) is 55.8 Å². The molecule has 0 saturated carbocycles. The maximum Gasteiger partial charge on any atom is 0.150 e. The fourth-order valence-corrected chi connectivity index (χ4v) is 4.44. The highest BCUT2D eigenvalue weighted by Crippen LogP contribution is 2.36. The standard InChI is InChI=1S/C23H23FN6/c1-15-10-21(28-20-3-2-18(24)11-19(15)20)30-13-17(14-30)22-23(27-7-6-26-22)29-8-4-16(12-25)5-9-29/h2-3,6-7,10-11,16-17H,4-5,8-9,13-14H2,1H3. The van der Waals surface area contributed by atoms with E-state index in [1.807, 2.05) is 13.0 Å². The first-order valence-electron chi connectivity index (χ1n) is 10.4. The third-order valence-corrected chi connectivity index (χ3v) is 6.24. The van der Waals surface area contributed by atoms with Crippen molar-refractivity contribution >= 4 is 22.5 Å². The first-order chi connectivity index (χ1) is 14.6.